The third-order valence-electron chi connectivity index (χ3n) is 3.56. The molecule has 0 saturated heterocycles. The van der Waals surface area contributed by atoms with Gasteiger partial charge in [-0.2, -0.15) is 5.10 Å². The van der Waals surface area contributed by atoms with Crippen LogP contribution in [-0.4, -0.2) is 27.8 Å². The monoisotopic (exact) mass is 337 g/mol. The number of hydrogen-bond acceptors (Lipinski definition) is 4. The average molecular weight is 337 g/mol. The Balaban J connectivity index is 2.07. The zero-order valence-corrected chi connectivity index (χ0v) is 13.7. The number of nitrogens with zero attached hydrogens (tertiary/aromatic N) is 2. The van der Waals surface area contributed by atoms with Gasteiger partial charge in [-0.15, -0.1) is 0 Å². The van der Waals surface area contributed by atoms with E-state index in [-0.39, 0.29) is 0 Å². The van der Waals surface area contributed by atoms with Crippen molar-refractivity contribution < 1.29 is 23.1 Å². The highest BCUT2D eigenvalue weighted by atomic mass is 19.1. The Bertz CT molecular complexity index is 802. The summed E-state index contributed by atoms with van der Waals surface area (Å²) in [6.07, 6.45) is -1.17. The van der Waals surface area contributed by atoms with E-state index in [9.17, 15) is 18.4 Å². The lowest BCUT2D eigenvalue weighted by Crippen LogP contribution is -2.30. The minimum Gasteiger partial charge on any atom is -0.449 e. The fraction of sp³-hybridized carbons (Fsp3) is 0.312. The summed E-state index contributed by atoms with van der Waals surface area (Å²) in [4.78, 5) is 24.1. The number of anilines is 1. The highest BCUT2D eigenvalue weighted by molar-refractivity contribution is 5.98. The lowest BCUT2D eigenvalue weighted by molar-refractivity contribution is -0.123. The van der Waals surface area contributed by atoms with E-state index in [1.807, 2.05) is 0 Å². The Morgan fingerprint density at radius 3 is 2.50 bits per heavy atom. The average Bonchev–Trinajstić information content (AvgIpc) is 2.73. The van der Waals surface area contributed by atoms with Crippen molar-refractivity contribution in [1.29, 1.82) is 0 Å². The van der Waals surface area contributed by atoms with Gasteiger partial charge >= 0.3 is 5.97 Å². The molecular formula is C16H17F2N3O3. The van der Waals surface area contributed by atoms with Crippen molar-refractivity contribution in [2.24, 2.45) is 7.05 Å². The zero-order valence-electron chi connectivity index (χ0n) is 13.7. The van der Waals surface area contributed by atoms with Crippen molar-refractivity contribution in [1.82, 2.24) is 9.78 Å². The van der Waals surface area contributed by atoms with Gasteiger partial charge in [0.15, 0.2) is 6.10 Å². The number of nitrogens with one attached hydrogen (secondary N) is 1. The van der Waals surface area contributed by atoms with Crippen LogP contribution in [0.1, 0.15) is 28.7 Å². The van der Waals surface area contributed by atoms with Crippen LogP contribution in [-0.2, 0) is 16.6 Å². The predicted molar refractivity (Wildman–Crippen MR) is 82.5 cm³/mol. The van der Waals surface area contributed by atoms with Crippen molar-refractivity contribution in [3.63, 3.8) is 0 Å². The molecule has 1 N–H and O–H groups in total. The summed E-state index contributed by atoms with van der Waals surface area (Å²) >= 11 is 0. The van der Waals surface area contributed by atoms with Crippen molar-refractivity contribution in [3.05, 3.63) is 46.8 Å². The van der Waals surface area contributed by atoms with E-state index in [1.54, 1.807) is 25.6 Å². The Morgan fingerprint density at radius 1 is 1.29 bits per heavy atom. The summed E-state index contributed by atoms with van der Waals surface area (Å²) in [5.41, 5.74) is 1.44. The lowest BCUT2D eigenvalue weighted by Gasteiger charge is -2.14. The topological polar surface area (TPSA) is 73.2 Å². The molecule has 1 aromatic carbocycles. The summed E-state index contributed by atoms with van der Waals surface area (Å²) in [7, 11) is 1.73. The Hall–Kier alpha value is -2.77. The molecular weight excluding hydrogens is 320 g/mol. The quantitative estimate of drug-likeness (QED) is 0.870. The molecule has 2 aromatic rings. The summed E-state index contributed by atoms with van der Waals surface area (Å²) in [5, 5.41) is 6.79. The van der Waals surface area contributed by atoms with Crippen LogP contribution < -0.4 is 5.32 Å². The normalized spacial score (nSPS) is 11.9. The maximum Gasteiger partial charge on any atom is 0.341 e. The second-order valence-electron chi connectivity index (χ2n) is 5.33. The number of hydrogen-bond donors (Lipinski definition) is 1. The molecule has 128 valence electrons. The standard InChI is InChI=1S/C16H17F2N3O3/c1-8-14(9(2)21(4)20-8)19-15(22)10(3)24-16(23)12-6-5-11(17)7-13(12)18/h5-7,10H,1-4H3,(H,19,22)/t10-/m0/s1. The Labute approximate surface area is 137 Å². The van der Waals surface area contributed by atoms with E-state index >= 15 is 0 Å². The van der Waals surface area contributed by atoms with Crippen LogP contribution in [0.4, 0.5) is 14.5 Å². The maximum absolute atomic E-state index is 13.6. The van der Waals surface area contributed by atoms with Crippen molar-refractivity contribution in [2.75, 3.05) is 5.32 Å². The van der Waals surface area contributed by atoms with Crippen LogP contribution in [0.15, 0.2) is 18.2 Å². The molecule has 0 radical (unpaired) electrons. The van der Waals surface area contributed by atoms with Gasteiger partial charge in [0.1, 0.15) is 11.6 Å². The number of benzene rings is 1. The zero-order chi connectivity index (χ0) is 18.0. The van der Waals surface area contributed by atoms with Gasteiger partial charge < -0.3 is 10.1 Å². The molecule has 2 rings (SSSR count). The van der Waals surface area contributed by atoms with Crippen molar-refractivity contribution in [2.45, 2.75) is 26.9 Å². The molecule has 1 aromatic heterocycles. The van der Waals surface area contributed by atoms with Crippen LogP contribution in [0, 0.1) is 25.5 Å². The Morgan fingerprint density at radius 2 is 1.96 bits per heavy atom. The van der Waals surface area contributed by atoms with Crippen LogP contribution in [0.2, 0.25) is 0 Å². The van der Waals surface area contributed by atoms with E-state index in [0.717, 1.165) is 17.8 Å². The molecule has 8 heteroatoms. The smallest absolute Gasteiger partial charge is 0.341 e. The van der Waals surface area contributed by atoms with Gasteiger partial charge in [0.2, 0.25) is 0 Å². The minimum absolute atomic E-state index is 0.440. The van der Waals surface area contributed by atoms with E-state index in [0.29, 0.717) is 17.4 Å². The van der Waals surface area contributed by atoms with Gasteiger partial charge in [-0.1, -0.05) is 0 Å². The first kappa shape index (κ1) is 17.6. The van der Waals surface area contributed by atoms with Crippen molar-refractivity contribution >= 4 is 17.6 Å². The van der Waals surface area contributed by atoms with Gasteiger partial charge in [0.25, 0.3) is 5.91 Å². The van der Waals surface area contributed by atoms with E-state index in [4.69, 9.17) is 4.74 Å². The van der Waals surface area contributed by atoms with Crippen LogP contribution in [0.5, 0.6) is 0 Å². The highest BCUT2D eigenvalue weighted by Crippen LogP contribution is 2.19. The molecule has 1 atom stereocenters. The Kier molecular flexibility index (Phi) is 4.96. The van der Waals surface area contributed by atoms with Gasteiger partial charge in [-0.3, -0.25) is 9.48 Å². The predicted octanol–water partition coefficient (Wildman–Crippen LogP) is 2.50. The number of ether oxygens (including phenoxy) is 1. The van der Waals surface area contributed by atoms with Crippen molar-refractivity contribution in [3.8, 4) is 0 Å². The maximum atomic E-state index is 13.6. The summed E-state index contributed by atoms with van der Waals surface area (Å²) in [6.45, 7) is 4.86. The SMILES string of the molecule is Cc1nn(C)c(C)c1NC(=O)[C@H](C)OC(=O)c1ccc(F)cc1F. The number of aryl methyl sites for hydroxylation is 2. The molecule has 0 aliphatic rings. The van der Waals surface area contributed by atoms with Crippen LogP contribution in [0.3, 0.4) is 0 Å². The van der Waals surface area contributed by atoms with Gasteiger partial charge in [0.05, 0.1) is 22.6 Å². The number of carbonyl (C=O) groups excluding carboxylic acids is 2. The molecule has 0 fully saturated rings. The first-order valence-corrected chi connectivity index (χ1v) is 7.17. The number of rotatable bonds is 4. The van der Waals surface area contributed by atoms with Gasteiger partial charge in [-0.05, 0) is 32.9 Å². The summed E-state index contributed by atoms with van der Waals surface area (Å²) in [6, 6.07) is 2.48. The fourth-order valence-electron chi connectivity index (χ4n) is 2.11. The number of esters is 1. The molecule has 1 heterocycles. The summed E-state index contributed by atoms with van der Waals surface area (Å²) < 4.78 is 33.0. The number of amides is 1. The lowest BCUT2D eigenvalue weighted by atomic mass is 10.2. The fourth-order valence-corrected chi connectivity index (χ4v) is 2.11. The number of carbonyl (C=O) groups is 2. The van der Waals surface area contributed by atoms with Crippen LogP contribution >= 0.6 is 0 Å². The second-order valence-corrected chi connectivity index (χ2v) is 5.33. The number of aromatic nitrogens is 2. The van der Waals surface area contributed by atoms with Gasteiger partial charge in [0, 0.05) is 13.1 Å². The number of halogens is 2. The molecule has 0 aliphatic carbocycles. The second kappa shape index (κ2) is 6.77. The van der Waals surface area contributed by atoms with E-state index in [2.05, 4.69) is 10.4 Å². The molecule has 24 heavy (non-hydrogen) atoms. The minimum atomic E-state index is -1.17. The van der Waals surface area contributed by atoms with E-state index in [1.165, 1.54) is 6.92 Å². The molecule has 0 aliphatic heterocycles. The molecule has 0 unspecified atom stereocenters. The molecule has 0 bridgehead atoms. The third kappa shape index (κ3) is 3.58. The third-order valence-corrected chi connectivity index (χ3v) is 3.56. The van der Waals surface area contributed by atoms with Gasteiger partial charge in [-0.25, -0.2) is 13.6 Å². The first-order valence-electron chi connectivity index (χ1n) is 7.17. The summed E-state index contributed by atoms with van der Waals surface area (Å²) in [5.74, 6) is -3.48. The first-order chi connectivity index (χ1) is 11.2. The van der Waals surface area contributed by atoms with E-state index < -0.39 is 35.2 Å². The molecule has 1 amide bonds. The molecule has 6 nitrogen and oxygen atoms in total. The highest BCUT2D eigenvalue weighted by Gasteiger charge is 2.23. The van der Waals surface area contributed by atoms with Crippen LogP contribution in [0.25, 0.3) is 0 Å². The largest absolute Gasteiger partial charge is 0.449 e. The molecule has 0 spiro atoms. The molecule has 0 saturated carbocycles.